The van der Waals surface area contributed by atoms with Crippen LogP contribution < -0.4 is 0 Å². The van der Waals surface area contributed by atoms with Crippen molar-refractivity contribution in [2.75, 3.05) is 33.3 Å². The van der Waals surface area contributed by atoms with E-state index in [9.17, 15) is 9.59 Å². The van der Waals surface area contributed by atoms with E-state index in [0.29, 0.717) is 19.5 Å². The smallest absolute Gasteiger partial charge is 0.248 e. The largest absolute Gasteiger partial charge is 0.387 e. The first-order valence-electron chi connectivity index (χ1n) is 5.69. The molecule has 0 aromatic rings. The summed E-state index contributed by atoms with van der Waals surface area (Å²) in [5.74, 6) is -0.0483. The highest BCUT2D eigenvalue weighted by Crippen LogP contribution is 2.40. The van der Waals surface area contributed by atoms with Crippen LogP contribution in [-0.4, -0.2) is 60.0 Å². The molecule has 5 nitrogen and oxygen atoms in total. The second-order valence-electron chi connectivity index (χ2n) is 4.97. The minimum absolute atomic E-state index is 0.0194. The van der Waals surface area contributed by atoms with Crippen molar-refractivity contribution in [1.29, 1.82) is 0 Å². The molecule has 2 saturated heterocycles. The van der Waals surface area contributed by atoms with Gasteiger partial charge >= 0.3 is 0 Å². The first-order valence-corrected chi connectivity index (χ1v) is 5.69. The van der Waals surface area contributed by atoms with Gasteiger partial charge in [0.15, 0.2) is 0 Å². The van der Waals surface area contributed by atoms with Gasteiger partial charge in [0.05, 0.1) is 0 Å². The summed E-state index contributed by atoms with van der Waals surface area (Å²) in [6.45, 7) is 1.66. The number of nitrogens with zero attached hydrogens (tertiary/aromatic N) is 2. The molecule has 2 aliphatic heterocycles. The van der Waals surface area contributed by atoms with Gasteiger partial charge in [-0.25, -0.2) is 0 Å². The lowest BCUT2D eigenvalue weighted by Gasteiger charge is -2.36. The highest BCUT2D eigenvalue weighted by Gasteiger charge is 2.44. The van der Waals surface area contributed by atoms with Crippen molar-refractivity contribution in [3.63, 3.8) is 0 Å². The van der Waals surface area contributed by atoms with Crippen molar-refractivity contribution in [3.05, 3.63) is 0 Å². The van der Waals surface area contributed by atoms with Gasteiger partial charge in [-0.3, -0.25) is 9.59 Å². The maximum atomic E-state index is 11.7. The summed E-state index contributed by atoms with van der Waals surface area (Å²) in [4.78, 5) is 26.5. The summed E-state index contributed by atoms with van der Waals surface area (Å²) in [5, 5.41) is 8.81. The average Bonchev–Trinajstić information content (AvgIpc) is 2.68. The van der Waals surface area contributed by atoms with E-state index >= 15 is 0 Å². The molecule has 2 heterocycles. The zero-order chi connectivity index (χ0) is 11.8. The molecule has 2 fully saturated rings. The third-order valence-corrected chi connectivity index (χ3v) is 3.86. The zero-order valence-electron chi connectivity index (χ0n) is 9.61. The summed E-state index contributed by atoms with van der Waals surface area (Å²) >= 11 is 0. The summed E-state index contributed by atoms with van der Waals surface area (Å²) in [6, 6.07) is 0. The maximum Gasteiger partial charge on any atom is 0.248 e. The number of hydrogen-bond donors (Lipinski definition) is 1. The van der Waals surface area contributed by atoms with Crippen LogP contribution in [0.5, 0.6) is 0 Å². The van der Waals surface area contributed by atoms with Crippen LogP contribution in [0.25, 0.3) is 0 Å². The van der Waals surface area contributed by atoms with Gasteiger partial charge in [0.1, 0.15) is 6.61 Å². The minimum Gasteiger partial charge on any atom is -0.387 e. The Labute approximate surface area is 95.0 Å². The minimum atomic E-state index is -0.427. The van der Waals surface area contributed by atoms with Crippen LogP contribution in [0.2, 0.25) is 0 Å². The Bertz CT molecular complexity index is 318. The van der Waals surface area contributed by atoms with Crippen LogP contribution in [0.3, 0.4) is 0 Å². The van der Waals surface area contributed by atoms with E-state index in [1.54, 1.807) is 9.80 Å². The van der Waals surface area contributed by atoms with Crippen LogP contribution in [0, 0.1) is 5.41 Å². The molecule has 90 valence electrons. The molecule has 0 bridgehead atoms. The maximum absolute atomic E-state index is 11.7. The van der Waals surface area contributed by atoms with Gasteiger partial charge in [-0.15, -0.1) is 0 Å². The molecule has 5 heteroatoms. The SMILES string of the molecule is CN1CCC2(CCN(C(=O)CO)C2)CC1=O. The second-order valence-corrected chi connectivity index (χ2v) is 4.97. The fourth-order valence-corrected chi connectivity index (χ4v) is 2.67. The number of piperidine rings is 1. The number of aliphatic hydroxyl groups excluding tert-OH is 1. The lowest BCUT2D eigenvalue weighted by Crippen LogP contribution is -2.44. The highest BCUT2D eigenvalue weighted by atomic mass is 16.3. The van der Waals surface area contributed by atoms with Gasteiger partial charge in [0, 0.05) is 38.5 Å². The molecule has 0 aliphatic carbocycles. The Hall–Kier alpha value is -1.10. The van der Waals surface area contributed by atoms with E-state index in [1.165, 1.54) is 0 Å². The third kappa shape index (κ3) is 1.91. The molecule has 2 amide bonds. The number of likely N-dealkylation sites (tertiary alicyclic amines) is 2. The first-order chi connectivity index (χ1) is 7.56. The molecule has 2 rings (SSSR count). The summed E-state index contributed by atoms with van der Waals surface area (Å²) in [7, 11) is 1.82. The third-order valence-electron chi connectivity index (χ3n) is 3.86. The van der Waals surface area contributed by atoms with Gasteiger partial charge in [0.25, 0.3) is 0 Å². The van der Waals surface area contributed by atoms with Crippen molar-refractivity contribution in [3.8, 4) is 0 Å². The van der Waals surface area contributed by atoms with E-state index in [0.717, 1.165) is 19.4 Å². The van der Waals surface area contributed by atoms with E-state index in [4.69, 9.17) is 5.11 Å². The standard InChI is InChI=1S/C11H18N2O3/c1-12-4-2-11(6-9(12)15)3-5-13(8-11)10(16)7-14/h14H,2-8H2,1H3. The number of hydrogen-bond acceptors (Lipinski definition) is 3. The molecule has 0 aromatic heterocycles. The summed E-state index contributed by atoms with van der Waals surface area (Å²) in [6.07, 6.45) is 2.39. The monoisotopic (exact) mass is 226 g/mol. The number of rotatable bonds is 1. The summed E-state index contributed by atoms with van der Waals surface area (Å²) < 4.78 is 0. The van der Waals surface area contributed by atoms with Gasteiger partial charge in [-0.1, -0.05) is 0 Å². The van der Waals surface area contributed by atoms with Gasteiger partial charge in [-0.2, -0.15) is 0 Å². The van der Waals surface area contributed by atoms with Gasteiger partial charge < -0.3 is 14.9 Å². The Morgan fingerprint density at radius 2 is 2.12 bits per heavy atom. The van der Waals surface area contributed by atoms with Crippen molar-refractivity contribution in [2.45, 2.75) is 19.3 Å². The molecule has 1 N–H and O–H groups in total. The van der Waals surface area contributed by atoms with Crippen molar-refractivity contribution < 1.29 is 14.7 Å². The lowest BCUT2D eigenvalue weighted by molar-refractivity contribution is -0.138. The normalized spacial score (nSPS) is 30.2. The van der Waals surface area contributed by atoms with Gasteiger partial charge in [0.2, 0.25) is 11.8 Å². The predicted molar refractivity (Wildman–Crippen MR) is 57.6 cm³/mol. The molecular formula is C11H18N2O3. The summed E-state index contributed by atoms with van der Waals surface area (Å²) in [5.41, 5.74) is -0.0194. The second kappa shape index (κ2) is 4.05. The van der Waals surface area contributed by atoms with E-state index in [2.05, 4.69) is 0 Å². The van der Waals surface area contributed by atoms with Crippen molar-refractivity contribution >= 4 is 11.8 Å². The Balaban J connectivity index is 2.01. The molecule has 0 aromatic carbocycles. The Morgan fingerprint density at radius 3 is 2.75 bits per heavy atom. The van der Waals surface area contributed by atoms with Crippen molar-refractivity contribution in [2.24, 2.45) is 5.41 Å². The number of amides is 2. The average molecular weight is 226 g/mol. The van der Waals surface area contributed by atoms with E-state index in [-0.39, 0.29) is 17.2 Å². The van der Waals surface area contributed by atoms with Crippen LogP contribution in [-0.2, 0) is 9.59 Å². The van der Waals surface area contributed by atoms with E-state index < -0.39 is 6.61 Å². The zero-order valence-corrected chi connectivity index (χ0v) is 9.61. The molecular weight excluding hydrogens is 208 g/mol. The topological polar surface area (TPSA) is 60.9 Å². The molecule has 0 radical (unpaired) electrons. The highest BCUT2D eigenvalue weighted by molar-refractivity contribution is 5.79. The molecule has 0 saturated carbocycles. The van der Waals surface area contributed by atoms with Crippen LogP contribution >= 0.6 is 0 Å². The lowest BCUT2D eigenvalue weighted by atomic mass is 9.77. The molecule has 1 spiro atoms. The van der Waals surface area contributed by atoms with Crippen molar-refractivity contribution in [1.82, 2.24) is 9.80 Å². The van der Waals surface area contributed by atoms with Crippen LogP contribution in [0.15, 0.2) is 0 Å². The molecule has 1 unspecified atom stereocenters. The first kappa shape index (κ1) is 11.4. The quantitative estimate of drug-likeness (QED) is 0.652. The number of carbonyl (C=O) groups excluding carboxylic acids is 2. The molecule has 2 aliphatic rings. The van der Waals surface area contributed by atoms with Gasteiger partial charge in [-0.05, 0) is 12.8 Å². The Morgan fingerprint density at radius 1 is 1.44 bits per heavy atom. The van der Waals surface area contributed by atoms with Crippen LogP contribution in [0.4, 0.5) is 0 Å². The fourth-order valence-electron chi connectivity index (χ4n) is 2.67. The Kier molecular flexibility index (Phi) is 2.88. The predicted octanol–water partition coefficient (Wildman–Crippen LogP) is -0.550. The molecule has 16 heavy (non-hydrogen) atoms. The number of aliphatic hydroxyl groups is 1. The fraction of sp³-hybridized carbons (Fsp3) is 0.818. The number of carbonyl (C=O) groups is 2. The van der Waals surface area contributed by atoms with Crippen LogP contribution in [0.1, 0.15) is 19.3 Å². The molecule has 1 atom stereocenters. The van der Waals surface area contributed by atoms with E-state index in [1.807, 2.05) is 7.05 Å².